The van der Waals surface area contributed by atoms with Crippen LogP contribution in [0.2, 0.25) is 0 Å². The topological polar surface area (TPSA) is 60.5 Å². The monoisotopic (exact) mass is 372 g/mol. The zero-order valence-corrected chi connectivity index (χ0v) is 15.4. The molecule has 0 bridgehead atoms. The first-order valence-electron chi connectivity index (χ1n) is 9.43. The Morgan fingerprint density at radius 1 is 1.00 bits per heavy atom. The minimum absolute atomic E-state index is 0.0169. The van der Waals surface area contributed by atoms with Crippen molar-refractivity contribution in [3.8, 4) is 11.5 Å². The zero-order chi connectivity index (χ0) is 19.0. The van der Waals surface area contributed by atoms with E-state index in [1.807, 2.05) is 48.5 Å². The van der Waals surface area contributed by atoms with Crippen LogP contribution in [0, 0.1) is 0 Å². The first-order chi connectivity index (χ1) is 13.7. The lowest BCUT2D eigenvalue weighted by Gasteiger charge is -2.16. The number of hydrogen-bond acceptors (Lipinski definition) is 4. The van der Waals surface area contributed by atoms with E-state index in [1.54, 1.807) is 6.20 Å². The van der Waals surface area contributed by atoms with Crippen LogP contribution in [0.15, 0.2) is 66.9 Å². The van der Waals surface area contributed by atoms with E-state index in [0.717, 1.165) is 42.0 Å². The van der Waals surface area contributed by atoms with Gasteiger partial charge in [-0.3, -0.25) is 9.78 Å². The van der Waals surface area contributed by atoms with Gasteiger partial charge in [-0.05, 0) is 48.2 Å². The van der Waals surface area contributed by atoms with E-state index in [1.165, 1.54) is 5.56 Å². The minimum atomic E-state index is -0.482. The largest absolute Gasteiger partial charge is 0.454 e. The molecule has 5 rings (SSSR count). The quantitative estimate of drug-likeness (QED) is 0.733. The van der Waals surface area contributed by atoms with E-state index in [9.17, 15) is 4.79 Å². The zero-order valence-electron chi connectivity index (χ0n) is 15.4. The van der Waals surface area contributed by atoms with Crippen molar-refractivity contribution in [3.63, 3.8) is 0 Å². The number of rotatable bonds is 5. The molecule has 1 aliphatic heterocycles. The number of ether oxygens (including phenoxy) is 2. The second kappa shape index (κ2) is 6.68. The van der Waals surface area contributed by atoms with Gasteiger partial charge in [-0.25, -0.2) is 0 Å². The molecule has 3 aromatic rings. The van der Waals surface area contributed by atoms with E-state index in [0.29, 0.717) is 5.75 Å². The van der Waals surface area contributed by atoms with Crippen molar-refractivity contribution in [2.24, 2.45) is 0 Å². The number of carbonyl (C=O) groups excluding carboxylic acids is 1. The van der Waals surface area contributed by atoms with Crippen LogP contribution >= 0.6 is 0 Å². The van der Waals surface area contributed by atoms with Gasteiger partial charge in [0, 0.05) is 24.0 Å². The molecule has 0 radical (unpaired) electrons. The minimum Gasteiger partial charge on any atom is -0.454 e. The highest BCUT2D eigenvalue weighted by Gasteiger charge is 2.51. The van der Waals surface area contributed by atoms with E-state index in [2.05, 4.69) is 22.4 Å². The summed E-state index contributed by atoms with van der Waals surface area (Å²) in [6.07, 6.45) is 4.15. The average Bonchev–Trinajstić information content (AvgIpc) is 3.40. The normalized spacial score (nSPS) is 15.9. The summed E-state index contributed by atoms with van der Waals surface area (Å²) in [5.74, 6) is 1.47. The average molecular weight is 372 g/mol. The second-order valence-electron chi connectivity index (χ2n) is 7.30. The molecule has 1 N–H and O–H groups in total. The van der Waals surface area contributed by atoms with Gasteiger partial charge in [0.2, 0.25) is 12.7 Å². The second-order valence-corrected chi connectivity index (χ2v) is 7.30. The van der Waals surface area contributed by atoms with Crippen molar-refractivity contribution in [1.82, 2.24) is 4.98 Å². The molecule has 1 aromatic heterocycles. The van der Waals surface area contributed by atoms with Crippen molar-refractivity contribution in [1.29, 1.82) is 0 Å². The summed E-state index contributed by atoms with van der Waals surface area (Å²) in [4.78, 5) is 17.5. The predicted molar refractivity (Wildman–Crippen MR) is 106 cm³/mol. The molecule has 1 amide bonds. The molecule has 1 fully saturated rings. The van der Waals surface area contributed by atoms with Crippen molar-refractivity contribution in [2.45, 2.75) is 24.7 Å². The Hall–Kier alpha value is -3.34. The lowest BCUT2D eigenvalue weighted by molar-refractivity contribution is -0.118. The van der Waals surface area contributed by atoms with Gasteiger partial charge in [-0.15, -0.1) is 0 Å². The lowest BCUT2D eigenvalue weighted by Crippen LogP contribution is -2.27. The third-order valence-corrected chi connectivity index (χ3v) is 5.41. The fourth-order valence-corrected chi connectivity index (χ4v) is 3.67. The van der Waals surface area contributed by atoms with Crippen molar-refractivity contribution < 1.29 is 14.3 Å². The number of pyridine rings is 1. The van der Waals surface area contributed by atoms with Crippen molar-refractivity contribution in [3.05, 3.63) is 83.7 Å². The van der Waals surface area contributed by atoms with Crippen LogP contribution in [0.3, 0.4) is 0 Å². The first-order valence-corrected chi connectivity index (χ1v) is 9.43. The van der Waals surface area contributed by atoms with Gasteiger partial charge in [0.15, 0.2) is 11.5 Å². The van der Waals surface area contributed by atoms with Crippen LogP contribution in [0.1, 0.15) is 29.7 Å². The Labute approximate surface area is 163 Å². The lowest BCUT2D eigenvalue weighted by atomic mass is 9.94. The van der Waals surface area contributed by atoms with Crippen molar-refractivity contribution >= 4 is 11.6 Å². The molecule has 0 unspecified atom stereocenters. The summed E-state index contributed by atoms with van der Waals surface area (Å²) < 4.78 is 10.8. The molecule has 0 spiro atoms. The Bertz CT molecular complexity index is 1030. The summed E-state index contributed by atoms with van der Waals surface area (Å²) >= 11 is 0. The Kier molecular flexibility index (Phi) is 4.01. The van der Waals surface area contributed by atoms with Gasteiger partial charge in [0.25, 0.3) is 0 Å². The van der Waals surface area contributed by atoms with Crippen LogP contribution in [0.4, 0.5) is 5.69 Å². The van der Waals surface area contributed by atoms with Crippen molar-refractivity contribution in [2.75, 3.05) is 12.1 Å². The van der Waals surface area contributed by atoms with Gasteiger partial charge in [0.1, 0.15) is 0 Å². The van der Waals surface area contributed by atoms with Crippen LogP contribution in [-0.4, -0.2) is 17.7 Å². The smallest absolute Gasteiger partial charge is 0.235 e. The fourth-order valence-electron chi connectivity index (χ4n) is 3.67. The molecule has 5 nitrogen and oxygen atoms in total. The van der Waals surface area contributed by atoms with Gasteiger partial charge in [-0.1, -0.05) is 36.4 Å². The number of nitrogens with one attached hydrogen (secondary N) is 1. The summed E-state index contributed by atoms with van der Waals surface area (Å²) in [5.41, 5.74) is 3.39. The Balaban J connectivity index is 1.33. The number of aromatic nitrogens is 1. The Morgan fingerprint density at radius 2 is 1.82 bits per heavy atom. The first kappa shape index (κ1) is 16.8. The van der Waals surface area contributed by atoms with E-state index >= 15 is 0 Å². The number of benzene rings is 2. The number of amides is 1. The highest BCUT2D eigenvalue weighted by molar-refractivity contribution is 6.01. The summed E-state index contributed by atoms with van der Waals surface area (Å²) in [6.45, 7) is 0.235. The molecule has 0 saturated heterocycles. The van der Waals surface area contributed by atoms with Gasteiger partial charge < -0.3 is 14.8 Å². The number of nitrogens with zero attached hydrogens (tertiary/aromatic N) is 1. The van der Waals surface area contributed by atoms with E-state index < -0.39 is 5.41 Å². The van der Waals surface area contributed by atoms with Gasteiger partial charge in [0.05, 0.1) is 5.41 Å². The Morgan fingerprint density at radius 3 is 2.64 bits per heavy atom. The summed E-state index contributed by atoms with van der Waals surface area (Å²) in [7, 11) is 0. The standard InChI is InChI=1S/C23H20N2O3/c26-22(23(9-10-23)17-6-7-20-21(13-17)28-15-27-20)25-18-8-11-24-19(14-18)12-16-4-2-1-3-5-16/h1-8,11,13-14H,9-10,12,15H2,(H,24,25,26). The third-order valence-electron chi connectivity index (χ3n) is 5.41. The summed E-state index contributed by atoms with van der Waals surface area (Å²) in [5, 5.41) is 3.09. The highest BCUT2D eigenvalue weighted by Crippen LogP contribution is 2.51. The predicted octanol–water partition coefficient (Wildman–Crippen LogP) is 4.07. The van der Waals surface area contributed by atoms with E-state index in [4.69, 9.17) is 9.47 Å². The molecule has 2 heterocycles. The maximum Gasteiger partial charge on any atom is 0.235 e. The van der Waals surface area contributed by atoms with Crippen LogP contribution < -0.4 is 14.8 Å². The molecule has 140 valence electrons. The van der Waals surface area contributed by atoms with Gasteiger partial charge in [-0.2, -0.15) is 0 Å². The SMILES string of the molecule is O=C(Nc1ccnc(Cc2ccccc2)c1)C1(c2ccc3c(c2)OCO3)CC1. The third kappa shape index (κ3) is 3.09. The molecule has 2 aromatic carbocycles. The fraction of sp³-hybridized carbons (Fsp3) is 0.217. The number of hydrogen-bond donors (Lipinski definition) is 1. The number of fused-ring (bicyclic) bond motifs is 1. The van der Waals surface area contributed by atoms with E-state index in [-0.39, 0.29) is 12.7 Å². The molecule has 5 heteroatoms. The molecule has 2 aliphatic rings. The molecule has 1 aliphatic carbocycles. The number of anilines is 1. The maximum absolute atomic E-state index is 13.1. The summed E-state index contributed by atoms with van der Waals surface area (Å²) in [6, 6.07) is 19.7. The highest BCUT2D eigenvalue weighted by atomic mass is 16.7. The van der Waals surface area contributed by atoms with Crippen LogP contribution in [-0.2, 0) is 16.6 Å². The molecule has 28 heavy (non-hydrogen) atoms. The molecule has 1 saturated carbocycles. The molecular formula is C23H20N2O3. The van der Waals surface area contributed by atoms with Crippen LogP contribution in [0.5, 0.6) is 11.5 Å². The molecule has 0 atom stereocenters. The van der Waals surface area contributed by atoms with Crippen LogP contribution in [0.25, 0.3) is 0 Å². The van der Waals surface area contributed by atoms with Gasteiger partial charge >= 0.3 is 0 Å². The molecular weight excluding hydrogens is 352 g/mol. The number of carbonyl (C=O) groups is 1. The maximum atomic E-state index is 13.1.